The molecule has 2 aromatic rings. The first-order valence-electron chi connectivity index (χ1n) is 9.81. The maximum atomic E-state index is 6.88. The molecule has 0 saturated carbocycles. The molecule has 0 aromatic heterocycles. The summed E-state index contributed by atoms with van der Waals surface area (Å²) in [7, 11) is 0. The van der Waals surface area contributed by atoms with Gasteiger partial charge in [0.15, 0.2) is 0 Å². The summed E-state index contributed by atoms with van der Waals surface area (Å²) in [4.78, 5) is 0. The van der Waals surface area contributed by atoms with Gasteiger partial charge in [-0.15, -0.1) is 0 Å². The second-order valence-corrected chi connectivity index (χ2v) is 7.40. The highest BCUT2D eigenvalue weighted by atomic mass is 35.5. The summed E-state index contributed by atoms with van der Waals surface area (Å²) in [6.45, 7) is 4.34. The van der Waals surface area contributed by atoms with E-state index in [2.05, 4.69) is 13.8 Å². The van der Waals surface area contributed by atoms with Crippen molar-refractivity contribution < 1.29 is 9.47 Å². The minimum Gasteiger partial charge on any atom is -0.439 e. The number of hydrogen-bond donors (Lipinski definition) is 0. The molecule has 2 rings (SSSR count). The normalized spacial score (nSPS) is 12.6. The molecule has 1 unspecified atom stereocenters. The third-order valence-corrected chi connectivity index (χ3v) is 5.11. The molecule has 0 spiro atoms. The van der Waals surface area contributed by atoms with Gasteiger partial charge in [-0.05, 0) is 42.3 Å². The second-order valence-electron chi connectivity index (χ2n) is 6.87. The number of ether oxygens (including phenoxy) is 2. The molecule has 0 aliphatic rings. The van der Waals surface area contributed by atoms with Crippen LogP contribution in [0.2, 0.25) is 0 Å². The van der Waals surface area contributed by atoms with Crippen LogP contribution in [0.25, 0.3) is 0 Å². The van der Waals surface area contributed by atoms with E-state index in [1.165, 1.54) is 32.1 Å². The van der Waals surface area contributed by atoms with Crippen molar-refractivity contribution >= 4 is 11.6 Å². The van der Waals surface area contributed by atoms with Crippen LogP contribution in [0.5, 0.6) is 11.5 Å². The lowest BCUT2D eigenvalue weighted by Crippen LogP contribution is -2.43. The Bertz CT molecular complexity index is 559. The molecule has 0 radical (unpaired) electrons. The minimum atomic E-state index is -1.22. The third-order valence-electron chi connectivity index (χ3n) is 4.58. The van der Waals surface area contributed by atoms with Gasteiger partial charge >= 0.3 is 5.25 Å². The zero-order valence-electron chi connectivity index (χ0n) is 16.0. The van der Waals surface area contributed by atoms with Crippen LogP contribution in [0.1, 0.15) is 58.8 Å². The van der Waals surface area contributed by atoms with Gasteiger partial charge in [0.25, 0.3) is 0 Å². The smallest absolute Gasteiger partial charge is 0.335 e. The van der Waals surface area contributed by atoms with Crippen LogP contribution in [0, 0.1) is 5.92 Å². The fourth-order valence-electron chi connectivity index (χ4n) is 2.92. The fraction of sp³-hybridized carbons (Fsp3) is 0.478. The summed E-state index contributed by atoms with van der Waals surface area (Å²) in [6.07, 6.45) is 8.53. The van der Waals surface area contributed by atoms with E-state index in [1.807, 2.05) is 60.7 Å². The van der Waals surface area contributed by atoms with E-state index in [4.69, 9.17) is 21.1 Å². The van der Waals surface area contributed by atoms with Crippen LogP contribution < -0.4 is 9.47 Å². The molecule has 2 aromatic carbocycles. The Hall–Kier alpha value is -1.67. The van der Waals surface area contributed by atoms with Gasteiger partial charge in [-0.1, -0.05) is 88.8 Å². The molecule has 0 saturated heterocycles. The fourth-order valence-corrected chi connectivity index (χ4v) is 3.21. The average molecular weight is 375 g/mol. The van der Waals surface area contributed by atoms with E-state index in [0.717, 1.165) is 12.8 Å². The highest BCUT2D eigenvalue weighted by Gasteiger charge is 2.39. The van der Waals surface area contributed by atoms with Crippen molar-refractivity contribution in [2.75, 3.05) is 0 Å². The van der Waals surface area contributed by atoms with Crippen LogP contribution in [-0.4, -0.2) is 5.25 Å². The molecule has 0 bridgehead atoms. The molecule has 0 aliphatic heterocycles. The van der Waals surface area contributed by atoms with Crippen LogP contribution in [0.3, 0.4) is 0 Å². The Morgan fingerprint density at radius 3 is 1.73 bits per heavy atom. The third kappa shape index (κ3) is 6.92. The van der Waals surface area contributed by atoms with Crippen LogP contribution >= 0.6 is 11.6 Å². The van der Waals surface area contributed by atoms with E-state index in [9.17, 15) is 0 Å². The topological polar surface area (TPSA) is 18.5 Å². The standard InChI is InChI=1S/C23H31ClO2/c1-3-4-5-6-7-10-15-20(2)23(24,25-21-16-11-8-12-17-21)26-22-18-13-9-14-19-22/h8-9,11-14,16-20H,3-7,10,15H2,1-2H3. The van der Waals surface area contributed by atoms with Gasteiger partial charge in [-0.25, -0.2) is 0 Å². The van der Waals surface area contributed by atoms with Crippen molar-refractivity contribution in [2.45, 2.75) is 64.0 Å². The second kappa shape index (κ2) is 11.1. The molecule has 26 heavy (non-hydrogen) atoms. The van der Waals surface area contributed by atoms with Gasteiger partial charge in [-0.2, -0.15) is 0 Å². The molecular formula is C23H31ClO2. The quantitative estimate of drug-likeness (QED) is 0.218. The monoisotopic (exact) mass is 374 g/mol. The molecule has 0 aliphatic carbocycles. The SMILES string of the molecule is CCCCCCCCC(C)C(Cl)(Oc1ccccc1)Oc1ccccc1. The Balaban J connectivity index is 1.99. The van der Waals surface area contributed by atoms with Crippen molar-refractivity contribution in [1.29, 1.82) is 0 Å². The summed E-state index contributed by atoms with van der Waals surface area (Å²) >= 11 is 6.88. The molecule has 1 atom stereocenters. The lowest BCUT2D eigenvalue weighted by atomic mass is 10.0. The first kappa shape index (κ1) is 20.6. The molecule has 0 amide bonds. The van der Waals surface area contributed by atoms with Gasteiger partial charge in [-0.3, -0.25) is 0 Å². The van der Waals surface area contributed by atoms with Crippen LogP contribution in [0.4, 0.5) is 0 Å². The van der Waals surface area contributed by atoms with Gasteiger partial charge in [0.1, 0.15) is 11.5 Å². The summed E-state index contributed by atoms with van der Waals surface area (Å²) < 4.78 is 12.2. The number of unbranched alkanes of at least 4 members (excludes halogenated alkanes) is 5. The Labute approximate surface area is 163 Å². The van der Waals surface area contributed by atoms with Crippen molar-refractivity contribution in [2.24, 2.45) is 5.92 Å². The van der Waals surface area contributed by atoms with Crippen molar-refractivity contribution in [3.63, 3.8) is 0 Å². The molecule has 3 heteroatoms. The largest absolute Gasteiger partial charge is 0.439 e. The molecule has 0 fully saturated rings. The number of alkyl halides is 1. The number of benzene rings is 2. The summed E-state index contributed by atoms with van der Waals surface area (Å²) in [5.41, 5.74) is 0. The average Bonchev–Trinajstić information content (AvgIpc) is 2.66. The van der Waals surface area contributed by atoms with E-state index < -0.39 is 5.25 Å². The number of halogens is 1. The van der Waals surface area contributed by atoms with Crippen molar-refractivity contribution in [1.82, 2.24) is 0 Å². The van der Waals surface area contributed by atoms with Gasteiger partial charge in [0.05, 0.1) is 0 Å². The highest BCUT2D eigenvalue weighted by molar-refractivity contribution is 6.22. The van der Waals surface area contributed by atoms with Gasteiger partial charge < -0.3 is 9.47 Å². The zero-order valence-corrected chi connectivity index (χ0v) is 16.8. The van der Waals surface area contributed by atoms with E-state index in [0.29, 0.717) is 11.5 Å². The highest BCUT2D eigenvalue weighted by Crippen LogP contribution is 2.35. The van der Waals surface area contributed by atoms with Gasteiger partial charge in [0.2, 0.25) is 0 Å². The lowest BCUT2D eigenvalue weighted by Gasteiger charge is -2.33. The molecule has 2 nitrogen and oxygen atoms in total. The van der Waals surface area contributed by atoms with E-state index in [1.54, 1.807) is 0 Å². The molecule has 0 N–H and O–H groups in total. The predicted molar refractivity (Wildman–Crippen MR) is 110 cm³/mol. The van der Waals surface area contributed by atoms with Crippen LogP contribution in [0.15, 0.2) is 60.7 Å². The van der Waals surface area contributed by atoms with Gasteiger partial charge in [0, 0.05) is 5.92 Å². The predicted octanol–water partition coefficient (Wildman–Crippen LogP) is 7.42. The zero-order chi connectivity index (χ0) is 18.7. The van der Waals surface area contributed by atoms with Crippen LogP contribution in [-0.2, 0) is 0 Å². The summed E-state index contributed by atoms with van der Waals surface area (Å²) in [5.74, 6) is 1.48. The van der Waals surface area contributed by atoms with E-state index in [-0.39, 0.29) is 5.92 Å². The number of hydrogen-bond acceptors (Lipinski definition) is 2. The summed E-state index contributed by atoms with van der Waals surface area (Å²) in [6, 6.07) is 19.3. The van der Waals surface area contributed by atoms with E-state index >= 15 is 0 Å². The Morgan fingerprint density at radius 2 is 1.23 bits per heavy atom. The molecule has 142 valence electrons. The minimum absolute atomic E-state index is 0.0516. The Kier molecular flexibility index (Phi) is 8.84. The number of para-hydroxylation sites is 2. The first-order chi connectivity index (χ1) is 12.6. The maximum absolute atomic E-state index is 6.88. The first-order valence-corrected chi connectivity index (χ1v) is 10.2. The Morgan fingerprint density at radius 1 is 0.769 bits per heavy atom. The number of rotatable bonds is 12. The summed E-state index contributed by atoms with van der Waals surface area (Å²) in [5, 5.41) is -1.22. The lowest BCUT2D eigenvalue weighted by molar-refractivity contribution is -0.0809. The van der Waals surface area contributed by atoms with Crippen molar-refractivity contribution in [3.05, 3.63) is 60.7 Å². The molecule has 0 heterocycles. The maximum Gasteiger partial charge on any atom is 0.335 e. The van der Waals surface area contributed by atoms with Crippen molar-refractivity contribution in [3.8, 4) is 11.5 Å². The molecular weight excluding hydrogens is 344 g/mol.